The molecular formula is C17H20N2O4S. The van der Waals surface area contributed by atoms with E-state index in [1.165, 1.54) is 4.90 Å². The lowest BCUT2D eigenvalue weighted by molar-refractivity contribution is -0.131. The molecule has 1 N–H and O–H groups in total. The third-order valence-electron chi connectivity index (χ3n) is 4.57. The van der Waals surface area contributed by atoms with E-state index in [4.69, 9.17) is 4.74 Å². The predicted octanol–water partition coefficient (Wildman–Crippen LogP) is 1.55. The molecule has 3 rings (SSSR count). The quantitative estimate of drug-likeness (QED) is 0.874. The second-order valence-corrected chi connectivity index (χ2v) is 6.84. The molecule has 2 fully saturated rings. The van der Waals surface area contributed by atoms with E-state index >= 15 is 0 Å². The zero-order valence-corrected chi connectivity index (χ0v) is 14.1. The molecule has 0 bridgehead atoms. The summed E-state index contributed by atoms with van der Waals surface area (Å²) in [5.41, 5.74) is 0.377. The van der Waals surface area contributed by atoms with Gasteiger partial charge in [-0.2, -0.15) is 0 Å². The normalized spacial score (nSPS) is 20.2. The van der Waals surface area contributed by atoms with Crippen molar-refractivity contribution < 1.29 is 19.1 Å². The minimum Gasteiger partial charge on any atom is -0.381 e. The van der Waals surface area contributed by atoms with E-state index in [0.29, 0.717) is 26.1 Å². The first-order valence-corrected chi connectivity index (χ1v) is 9.01. The van der Waals surface area contributed by atoms with Crippen molar-refractivity contribution in [2.24, 2.45) is 0 Å². The molecule has 128 valence electrons. The summed E-state index contributed by atoms with van der Waals surface area (Å²) in [5.74, 6) is -0.0650. The summed E-state index contributed by atoms with van der Waals surface area (Å²) in [4.78, 5) is 37.3. The summed E-state index contributed by atoms with van der Waals surface area (Å²) in [6.07, 6.45) is 1.25. The Balaban J connectivity index is 1.66. The van der Waals surface area contributed by atoms with Crippen molar-refractivity contribution >= 4 is 28.8 Å². The molecule has 0 unspecified atom stereocenters. The van der Waals surface area contributed by atoms with Crippen LogP contribution in [0.4, 0.5) is 4.79 Å². The lowest BCUT2D eigenvalue weighted by atomic mass is 9.73. The summed E-state index contributed by atoms with van der Waals surface area (Å²) in [6, 6.07) is 9.72. The topological polar surface area (TPSA) is 75.7 Å². The van der Waals surface area contributed by atoms with Crippen LogP contribution in [-0.4, -0.2) is 54.0 Å². The Kier molecular flexibility index (Phi) is 5.20. The Hall–Kier alpha value is -1.86. The fraction of sp³-hybridized carbons (Fsp3) is 0.471. The maximum absolute atomic E-state index is 12.9. The van der Waals surface area contributed by atoms with Crippen LogP contribution in [0, 0.1) is 0 Å². The second kappa shape index (κ2) is 7.36. The summed E-state index contributed by atoms with van der Waals surface area (Å²) >= 11 is 1.00. The van der Waals surface area contributed by atoms with Gasteiger partial charge in [0.05, 0.1) is 11.2 Å². The zero-order chi connectivity index (χ0) is 17.0. The average Bonchev–Trinajstić information content (AvgIpc) is 2.95. The number of carbonyl (C=O) groups excluding carboxylic acids is 3. The molecule has 2 aliphatic rings. The van der Waals surface area contributed by atoms with E-state index in [1.807, 2.05) is 30.3 Å². The Bertz CT molecular complexity index is 613. The molecule has 7 heteroatoms. The molecule has 0 aromatic heterocycles. The number of hydrogen-bond acceptors (Lipinski definition) is 5. The molecule has 0 atom stereocenters. The number of rotatable bonds is 5. The number of thioether (sulfide) groups is 1. The number of imide groups is 1. The number of benzene rings is 1. The van der Waals surface area contributed by atoms with Crippen LogP contribution in [0.15, 0.2) is 30.3 Å². The van der Waals surface area contributed by atoms with E-state index in [1.54, 1.807) is 0 Å². The van der Waals surface area contributed by atoms with Gasteiger partial charge in [-0.1, -0.05) is 42.1 Å². The van der Waals surface area contributed by atoms with Crippen molar-refractivity contribution in [2.45, 2.75) is 18.3 Å². The monoisotopic (exact) mass is 348 g/mol. The van der Waals surface area contributed by atoms with Gasteiger partial charge in [-0.25, -0.2) is 0 Å². The summed E-state index contributed by atoms with van der Waals surface area (Å²) < 4.78 is 5.43. The predicted molar refractivity (Wildman–Crippen MR) is 90.7 cm³/mol. The molecule has 1 aromatic carbocycles. The standard InChI is InChI=1S/C17H20N2O4S/c20-14-12-24-16(22)19(14)9-8-18-15(21)17(6-10-23-11-7-17)13-4-2-1-3-5-13/h1-5H,6-12H2,(H,18,21). The van der Waals surface area contributed by atoms with E-state index in [-0.39, 0.29) is 35.9 Å². The molecule has 0 spiro atoms. The lowest BCUT2D eigenvalue weighted by Crippen LogP contribution is -2.49. The van der Waals surface area contributed by atoms with Gasteiger partial charge in [-0.05, 0) is 18.4 Å². The number of ether oxygens (including phenoxy) is 1. The molecule has 1 aromatic rings. The van der Waals surface area contributed by atoms with Gasteiger partial charge >= 0.3 is 0 Å². The van der Waals surface area contributed by atoms with Crippen LogP contribution in [0.5, 0.6) is 0 Å². The number of nitrogens with zero attached hydrogens (tertiary/aromatic N) is 1. The third kappa shape index (κ3) is 3.32. The van der Waals surface area contributed by atoms with Crippen LogP contribution in [0.1, 0.15) is 18.4 Å². The van der Waals surface area contributed by atoms with Crippen LogP contribution in [0.2, 0.25) is 0 Å². The summed E-state index contributed by atoms with van der Waals surface area (Å²) in [7, 11) is 0. The SMILES string of the molecule is O=C1CSC(=O)N1CCNC(=O)C1(c2ccccc2)CCOCC1. The van der Waals surface area contributed by atoms with Crippen LogP contribution in [-0.2, 0) is 19.7 Å². The molecule has 2 aliphatic heterocycles. The minimum atomic E-state index is -0.604. The third-order valence-corrected chi connectivity index (χ3v) is 5.43. The Labute approximate surface area is 144 Å². The number of amides is 3. The zero-order valence-electron chi connectivity index (χ0n) is 13.3. The Morgan fingerprint density at radius 3 is 2.54 bits per heavy atom. The van der Waals surface area contributed by atoms with Gasteiger partial charge in [0.25, 0.3) is 5.24 Å². The maximum atomic E-state index is 12.9. The van der Waals surface area contributed by atoms with E-state index in [2.05, 4.69) is 5.32 Å². The molecule has 0 aliphatic carbocycles. The fourth-order valence-electron chi connectivity index (χ4n) is 3.17. The average molecular weight is 348 g/mol. The molecule has 0 saturated carbocycles. The van der Waals surface area contributed by atoms with Gasteiger partial charge in [0.1, 0.15) is 0 Å². The van der Waals surface area contributed by atoms with Crippen molar-refractivity contribution in [2.75, 3.05) is 32.1 Å². The first kappa shape index (κ1) is 17.0. The van der Waals surface area contributed by atoms with Crippen molar-refractivity contribution in [3.63, 3.8) is 0 Å². The van der Waals surface area contributed by atoms with Crippen molar-refractivity contribution in [3.05, 3.63) is 35.9 Å². The highest BCUT2D eigenvalue weighted by Crippen LogP contribution is 2.35. The number of nitrogens with one attached hydrogen (secondary N) is 1. The molecule has 0 radical (unpaired) electrons. The second-order valence-electron chi connectivity index (χ2n) is 5.92. The smallest absolute Gasteiger partial charge is 0.288 e. The highest BCUT2D eigenvalue weighted by Gasteiger charge is 2.41. The van der Waals surface area contributed by atoms with Gasteiger partial charge < -0.3 is 10.1 Å². The first-order valence-electron chi connectivity index (χ1n) is 8.02. The molecule has 24 heavy (non-hydrogen) atoms. The van der Waals surface area contributed by atoms with Crippen molar-refractivity contribution in [3.8, 4) is 0 Å². The Morgan fingerprint density at radius 2 is 1.92 bits per heavy atom. The Morgan fingerprint density at radius 1 is 1.21 bits per heavy atom. The van der Waals surface area contributed by atoms with E-state index < -0.39 is 5.41 Å². The van der Waals surface area contributed by atoms with Crippen LogP contribution < -0.4 is 5.32 Å². The maximum Gasteiger partial charge on any atom is 0.288 e. The lowest BCUT2D eigenvalue weighted by Gasteiger charge is -2.36. The van der Waals surface area contributed by atoms with Crippen LogP contribution in [0.25, 0.3) is 0 Å². The van der Waals surface area contributed by atoms with Gasteiger partial charge in [-0.3, -0.25) is 19.3 Å². The first-order chi connectivity index (χ1) is 11.6. The summed E-state index contributed by atoms with van der Waals surface area (Å²) in [6.45, 7) is 1.58. The van der Waals surface area contributed by atoms with Crippen molar-refractivity contribution in [1.29, 1.82) is 0 Å². The van der Waals surface area contributed by atoms with Gasteiger partial charge in [0.15, 0.2) is 0 Å². The van der Waals surface area contributed by atoms with Crippen LogP contribution >= 0.6 is 11.8 Å². The highest BCUT2D eigenvalue weighted by atomic mass is 32.2. The molecular weight excluding hydrogens is 328 g/mol. The molecule has 6 nitrogen and oxygen atoms in total. The molecule has 2 saturated heterocycles. The van der Waals surface area contributed by atoms with E-state index in [9.17, 15) is 14.4 Å². The van der Waals surface area contributed by atoms with Gasteiger partial charge in [-0.15, -0.1) is 0 Å². The number of carbonyl (C=O) groups is 3. The van der Waals surface area contributed by atoms with Gasteiger partial charge in [0, 0.05) is 26.3 Å². The van der Waals surface area contributed by atoms with Gasteiger partial charge in [0.2, 0.25) is 11.8 Å². The molecule has 3 amide bonds. The highest BCUT2D eigenvalue weighted by molar-refractivity contribution is 8.14. The molecule has 2 heterocycles. The van der Waals surface area contributed by atoms with Crippen molar-refractivity contribution in [1.82, 2.24) is 10.2 Å². The number of hydrogen-bond donors (Lipinski definition) is 1. The van der Waals surface area contributed by atoms with E-state index in [0.717, 1.165) is 17.3 Å². The largest absolute Gasteiger partial charge is 0.381 e. The van der Waals surface area contributed by atoms with Crippen LogP contribution in [0.3, 0.4) is 0 Å². The summed E-state index contributed by atoms with van der Waals surface area (Å²) in [5, 5.41) is 2.67. The minimum absolute atomic E-state index is 0.0660. The fourth-order valence-corrected chi connectivity index (χ4v) is 3.92.